The summed E-state index contributed by atoms with van der Waals surface area (Å²) in [6, 6.07) is 8.07. The highest BCUT2D eigenvalue weighted by Gasteiger charge is 2.37. The number of aromatic nitrogens is 2. The molecule has 1 aromatic carbocycles. The summed E-state index contributed by atoms with van der Waals surface area (Å²) >= 11 is 0. The summed E-state index contributed by atoms with van der Waals surface area (Å²) in [5.74, 6) is 0.847. The van der Waals surface area contributed by atoms with E-state index in [1.54, 1.807) is 0 Å². The van der Waals surface area contributed by atoms with Crippen molar-refractivity contribution in [2.24, 2.45) is 7.05 Å². The predicted molar refractivity (Wildman–Crippen MR) is 68.0 cm³/mol. The molecule has 2 aromatic rings. The minimum atomic E-state index is -0.144. The molecule has 0 unspecified atom stereocenters. The third kappa shape index (κ3) is 1.60. The Bertz CT molecular complexity index is 537. The number of nitrogens with zero attached hydrogens (tertiary/aromatic N) is 2. The highest BCUT2D eigenvalue weighted by Crippen LogP contribution is 2.35. The van der Waals surface area contributed by atoms with Crippen LogP contribution in [-0.2, 0) is 7.05 Å². The average molecular weight is 231 g/mol. The molecular weight excluding hydrogens is 214 g/mol. The van der Waals surface area contributed by atoms with E-state index in [0.717, 1.165) is 29.8 Å². The molecule has 4 heteroatoms. The summed E-state index contributed by atoms with van der Waals surface area (Å²) in [5, 5.41) is 12.9. The number of fused-ring (bicyclic) bond motifs is 1. The van der Waals surface area contributed by atoms with Gasteiger partial charge < -0.3 is 15.0 Å². The summed E-state index contributed by atoms with van der Waals surface area (Å²) in [7, 11) is 2.00. The van der Waals surface area contributed by atoms with Crippen LogP contribution in [0, 0.1) is 0 Å². The molecule has 1 heterocycles. The van der Waals surface area contributed by atoms with E-state index in [0.29, 0.717) is 0 Å². The number of aliphatic hydroxyl groups is 1. The Kier molecular flexibility index (Phi) is 2.33. The minimum Gasteiger partial charge on any atom is -0.394 e. The molecule has 0 bridgehead atoms. The van der Waals surface area contributed by atoms with E-state index in [9.17, 15) is 5.11 Å². The molecule has 1 fully saturated rings. The van der Waals surface area contributed by atoms with Gasteiger partial charge in [-0.05, 0) is 31.4 Å². The Labute approximate surface area is 100 Å². The van der Waals surface area contributed by atoms with Gasteiger partial charge in [0, 0.05) is 7.05 Å². The van der Waals surface area contributed by atoms with Gasteiger partial charge in [0.25, 0.3) is 0 Å². The Morgan fingerprint density at radius 3 is 2.76 bits per heavy atom. The van der Waals surface area contributed by atoms with Gasteiger partial charge in [0.05, 0.1) is 23.2 Å². The van der Waals surface area contributed by atoms with Gasteiger partial charge in [0.2, 0.25) is 5.95 Å². The normalized spacial score (nSPS) is 18.0. The average Bonchev–Trinajstić information content (AvgIpc) is 2.62. The van der Waals surface area contributed by atoms with E-state index in [1.165, 1.54) is 6.42 Å². The summed E-state index contributed by atoms with van der Waals surface area (Å²) in [4.78, 5) is 4.57. The Balaban J connectivity index is 1.98. The van der Waals surface area contributed by atoms with E-state index in [4.69, 9.17) is 0 Å². The molecule has 1 aliphatic rings. The quantitative estimate of drug-likeness (QED) is 0.848. The Hall–Kier alpha value is -1.55. The number of anilines is 1. The maximum atomic E-state index is 9.46. The maximum absolute atomic E-state index is 9.46. The van der Waals surface area contributed by atoms with Gasteiger partial charge in [-0.25, -0.2) is 4.98 Å². The van der Waals surface area contributed by atoms with Crippen LogP contribution >= 0.6 is 0 Å². The zero-order valence-electron chi connectivity index (χ0n) is 9.98. The summed E-state index contributed by atoms with van der Waals surface area (Å²) < 4.78 is 2.05. The summed E-state index contributed by atoms with van der Waals surface area (Å²) in [5.41, 5.74) is 1.96. The number of hydrogen-bond donors (Lipinski definition) is 2. The van der Waals surface area contributed by atoms with E-state index in [2.05, 4.69) is 16.4 Å². The van der Waals surface area contributed by atoms with Crippen molar-refractivity contribution in [1.29, 1.82) is 0 Å². The standard InChI is InChI=1S/C13H17N3O/c1-16-11-6-3-2-5-10(11)14-12(16)15-13(9-17)7-4-8-13/h2-3,5-6,17H,4,7-9H2,1H3,(H,14,15). The van der Waals surface area contributed by atoms with Gasteiger partial charge >= 0.3 is 0 Å². The molecule has 1 aliphatic carbocycles. The second-order valence-corrected chi connectivity index (χ2v) is 4.90. The first-order valence-electron chi connectivity index (χ1n) is 6.05. The molecule has 0 saturated heterocycles. The van der Waals surface area contributed by atoms with Crippen molar-refractivity contribution in [2.75, 3.05) is 11.9 Å². The van der Waals surface area contributed by atoms with Crippen molar-refractivity contribution in [1.82, 2.24) is 9.55 Å². The lowest BCUT2D eigenvalue weighted by Gasteiger charge is -2.41. The molecule has 0 spiro atoms. The molecule has 1 saturated carbocycles. The van der Waals surface area contributed by atoms with E-state index in [-0.39, 0.29) is 12.1 Å². The SMILES string of the molecule is Cn1c(NC2(CO)CCC2)nc2ccccc21. The number of rotatable bonds is 3. The zero-order valence-corrected chi connectivity index (χ0v) is 9.98. The van der Waals surface area contributed by atoms with Gasteiger partial charge in [-0.1, -0.05) is 12.1 Å². The predicted octanol–water partition coefficient (Wildman–Crippen LogP) is 1.90. The molecule has 0 amide bonds. The monoisotopic (exact) mass is 231 g/mol. The lowest BCUT2D eigenvalue weighted by atomic mass is 9.77. The van der Waals surface area contributed by atoms with Gasteiger partial charge in [-0.2, -0.15) is 0 Å². The molecule has 0 radical (unpaired) electrons. The maximum Gasteiger partial charge on any atom is 0.204 e. The molecule has 4 nitrogen and oxygen atoms in total. The number of nitrogens with one attached hydrogen (secondary N) is 1. The Morgan fingerprint density at radius 1 is 1.41 bits per heavy atom. The number of hydrogen-bond acceptors (Lipinski definition) is 3. The van der Waals surface area contributed by atoms with Crippen LogP contribution in [0.2, 0.25) is 0 Å². The van der Waals surface area contributed by atoms with Crippen LogP contribution in [0.15, 0.2) is 24.3 Å². The fourth-order valence-electron chi connectivity index (χ4n) is 2.42. The van der Waals surface area contributed by atoms with Crippen LogP contribution in [0.1, 0.15) is 19.3 Å². The van der Waals surface area contributed by atoms with Crippen LogP contribution in [-0.4, -0.2) is 26.8 Å². The Morgan fingerprint density at radius 2 is 2.18 bits per heavy atom. The van der Waals surface area contributed by atoms with E-state index in [1.807, 2.05) is 29.8 Å². The molecule has 90 valence electrons. The molecule has 1 aromatic heterocycles. The number of para-hydroxylation sites is 2. The first-order chi connectivity index (χ1) is 8.24. The highest BCUT2D eigenvalue weighted by atomic mass is 16.3. The number of aryl methyl sites for hydroxylation is 1. The van der Waals surface area contributed by atoms with Crippen LogP contribution in [0.5, 0.6) is 0 Å². The number of aliphatic hydroxyl groups excluding tert-OH is 1. The molecule has 0 aliphatic heterocycles. The molecule has 17 heavy (non-hydrogen) atoms. The fraction of sp³-hybridized carbons (Fsp3) is 0.462. The van der Waals surface area contributed by atoms with E-state index < -0.39 is 0 Å². The van der Waals surface area contributed by atoms with Crippen LogP contribution in [0.25, 0.3) is 11.0 Å². The zero-order chi connectivity index (χ0) is 11.9. The van der Waals surface area contributed by atoms with Crippen molar-refractivity contribution in [3.05, 3.63) is 24.3 Å². The van der Waals surface area contributed by atoms with Crippen molar-refractivity contribution in [3.63, 3.8) is 0 Å². The fourth-order valence-corrected chi connectivity index (χ4v) is 2.42. The van der Waals surface area contributed by atoms with Crippen LogP contribution < -0.4 is 5.32 Å². The van der Waals surface area contributed by atoms with Crippen molar-refractivity contribution in [3.8, 4) is 0 Å². The lowest BCUT2D eigenvalue weighted by Crippen LogP contribution is -2.48. The lowest BCUT2D eigenvalue weighted by molar-refractivity contribution is 0.143. The number of benzene rings is 1. The third-order valence-electron chi connectivity index (χ3n) is 3.78. The first-order valence-corrected chi connectivity index (χ1v) is 6.05. The number of imidazole rings is 1. The first kappa shape index (κ1) is 10.6. The van der Waals surface area contributed by atoms with Crippen molar-refractivity contribution < 1.29 is 5.11 Å². The second-order valence-electron chi connectivity index (χ2n) is 4.90. The topological polar surface area (TPSA) is 50.1 Å². The molecule has 3 rings (SSSR count). The van der Waals surface area contributed by atoms with E-state index >= 15 is 0 Å². The third-order valence-corrected chi connectivity index (χ3v) is 3.78. The van der Waals surface area contributed by atoms with Gasteiger partial charge in [-0.3, -0.25) is 0 Å². The minimum absolute atomic E-state index is 0.144. The van der Waals surface area contributed by atoms with Gasteiger partial charge in [-0.15, -0.1) is 0 Å². The summed E-state index contributed by atoms with van der Waals surface area (Å²) in [6.07, 6.45) is 3.22. The van der Waals surface area contributed by atoms with Crippen molar-refractivity contribution in [2.45, 2.75) is 24.8 Å². The van der Waals surface area contributed by atoms with Crippen LogP contribution in [0.4, 0.5) is 5.95 Å². The van der Waals surface area contributed by atoms with Crippen LogP contribution in [0.3, 0.4) is 0 Å². The van der Waals surface area contributed by atoms with Gasteiger partial charge in [0.1, 0.15) is 0 Å². The highest BCUT2D eigenvalue weighted by molar-refractivity contribution is 5.78. The van der Waals surface area contributed by atoms with Crippen molar-refractivity contribution >= 4 is 17.0 Å². The second kappa shape index (κ2) is 3.74. The molecule has 0 atom stereocenters. The summed E-state index contributed by atoms with van der Waals surface area (Å²) in [6.45, 7) is 0.177. The van der Waals surface area contributed by atoms with Gasteiger partial charge in [0.15, 0.2) is 0 Å². The molecular formula is C13H17N3O. The largest absolute Gasteiger partial charge is 0.394 e. The smallest absolute Gasteiger partial charge is 0.204 e. The molecule has 2 N–H and O–H groups in total.